The Morgan fingerprint density at radius 3 is 2.50 bits per heavy atom. The molecular formula is C25H25ClN2O2. The van der Waals surface area contributed by atoms with Gasteiger partial charge >= 0.3 is 0 Å². The number of amides is 1. The van der Waals surface area contributed by atoms with E-state index in [1.165, 1.54) is 6.42 Å². The second-order valence-electron chi connectivity index (χ2n) is 7.44. The molecule has 5 heteroatoms. The standard InChI is InChI=1S/C25H25ClN2O2/c26-22-13-8-14-23(24(22)28-15-5-2-6-16-28)27-25(29)20-11-7-12-21(17-20)30-18-19-9-3-1-4-10-19/h1,3-4,7-14,17H,2,5-6,15-16,18H2,(H,27,29). The zero-order valence-electron chi connectivity index (χ0n) is 16.8. The number of hydrogen-bond acceptors (Lipinski definition) is 3. The number of nitrogens with zero attached hydrogens (tertiary/aromatic N) is 1. The van der Waals surface area contributed by atoms with Gasteiger partial charge < -0.3 is 15.0 Å². The van der Waals surface area contributed by atoms with Gasteiger partial charge in [0.15, 0.2) is 0 Å². The van der Waals surface area contributed by atoms with Crippen molar-refractivity contribution >= 4 is 28.9 Å². The van der Waals surface area contributed by atoms with Crippen molar-refractivity contribution in [3.63, 3.8) is 0 Å². The van der Waals surface area contributed by atoms with E-state index in [4.69, 9.17) is 16.3 Å². The number of carbonyl (C=O) groups is 1. The van der Waals surface area contributed by atoms with Crippen LogP contribution < -0.4 is 15.0 Å². The Morgan fingerprint density at radius 2 is 1.70 bits per heavy atom. The molecule has 0 atom stereocenters. The Bertz CT molecular complexity index is 1000. The second kappa shape index (κ2) is 9.68. The van der Waals surface area contributed by atoms with Crippen LogP contribution in [0.4, 0.5) is 11.4 Å². The van der Waals surface area contributed by atoms with Gasteiger partial charge in [0.05, 0.1) is 16.4 Å². The molecule has 0 saturated carbocycles. The Balaban J connectivity index is 1.48. The summed E-state index contributed by atoms with van der Waals surface area (Å²) in [5.41, 5.74) is 3.27. The minimum atomic E-state index is -0.180. The third-order valence-corrected chi connectivity index (χ3v) is 5.56. The zero-order chi connectivity index (χ0) is 20.8. The fourth-order valence-electron chi connectivity index (χ4n) is 3.72. The summed E-state index contributed by atoms with van der Waals surface area (Å²) in [7, 11) is 0. The lowest BCUT2D eigenvalue weighted by Crippen LogP contribution is -2.30. The minimum Gasteiger partial charge on any atom is -0.489 e. The van der Waals surface area contributed by atoms with Crippen LogP contribution >= 0.6 is 11.6 Å². The zero-order valence-corrected chi connectivity index (χ0v) is 17.6. The molecule has 3 aromatic carbocycles. The molecule has 0 bridgehead atoms. The maximum atomic E-state index is 13.0. The van der Waals surface area contributed by atoms with Crippen LogP contribution in [0.5, 0.6) is 5.75 Å². The molecule has 4 rings (SSSR count). The number of anilines is 2. The first-order chi connectivity index (χ1) is 14.7. The van der Waals surface area contributed by atoms with Crippen LogP contribution in [0.2, 0.25) is 5.02 Å². The summed E-state index contributed by atoms with van der Waals surface area (Å²) in [6.45, 7) is 2.37. The van der Waals surface area contributed by atoms with Crippen molar-refractivity contribution in [3.05, 3.63) is 88.9 Å². The Labute approximate surface area is 182 Å². The number of hydrogen-bond donors (Lipinski definition) is 1. The van der Waals surface area contributed by atoms with Gasteiger partial charge in [-0.15, -0.1) is 0 Å². The number of benzene rings is 3. The molecule has 1 N–H and O–H groups in total. The quantitative estimate of drug-likeness (QED) is 0.519. The first-order valence-electron chi connectivity index (χ1n) is 10.3. The molecule has 0 aliphatic carbocycles. The summed E-state index contributed by atoms with van der Waals surface area (Å²) in [5.74, 6) is 0.481. The van der Waals surface area contributed by atoms with Gasteiger partial charge in [-0.2, -0.15) is 0 Å². The predicted molar refractivity (Wildman–Crippen MR) is 123 cm³/mol. The summed E-state index contributed by atoms with van der Waals surface area (Å²) < 4.78 is 5.86. The van der Waals surface area contributed by atoms with Gasteiger partial charge in [-0.05, 0) is 55.2 Å². The smallest absolute Gasteiger partial charge is 0.255 e. The third-order valence-electron chi connectivity index (χ3n) is 5.25. The van der Waals surface area contributed by atoms with Gasteiger partial charge in [0.1, 0.15) is 12.4 Å². The molecule has 1 amide bonds. The highest BCUT2D eigenvalue weighted by molar-refractivity contribution is 6.34. The average molecular weight is 421 g/mol. The Morgan fingerprint density at radius 1 is 0.933 bits per heavy atom. The molecule has 1 aliphatic heterocycles. The van der Waals surface area contributed by atoms with Crippen LogP contribution in [0.1, 0.15) is 35.2 Å². The van der Waals surface area contributed by atoms with Crippen LogP contribution in [0.15, 0.2) is 72.8 Å². The van der Waals surface area contributed by atoms with Gasteiger partial charge in [-0.25, -0.2) is 0 Å². The molecule has 30 heavy (non-hydrogen) atoms. The van der Waals surface area contributed by atoms with Crippen molar-refractivity contribution in [2.45, 2.75) is 25.9 Å². The molecule has 1 aliphatic rings. The number of para-hydroxylation sites is 1. The van der Waals surface area contributed by atoms with E-state index in [0.717, 1.165) is 42.9 Å². The summed E-state index contributed by atoms with van der Waals surface area (Å²) in [6, 6.07) is 22.8. The molecule has 4 nitrogen and oxygen atoms in total. The molecule has 0 radical (unpaired) electrons. The van der Waals surface area contributed by atoms with E-state index < -0.39 is 0 Å². The lowest BCUT2D eigenvalue weighted by atomic mass is 10.1. The molecule has 0 unspecified atom stereocenters. The highest BCUT2D eigenvalue weighted by Gasteiger charge is 2.19. The fraction of sp³-hybridized carbons (Fsp3) is 0.240. The highest BCUT2D eigenvalue weighted by atomic mass is 35.5. The number of halogens is 1. The maximum Gasteiger partial charge on any atom is 0.255 e. The van der Waals surface area contributed by atoms with Crippen molar-refractivity contribution in [2.75, 3.05) is 23.3 Å². The SMILES string of the molecule is O=C(Nc1cccc(Cl)c1N1CCCCC1)c1cccc(OCc2ccccc2)c1. The van der Waals surface area contributed by atoms with Crippen LogP contribution in [0.3, 0.4) is 0 Å². The molecule has 3 aromatic rings. The second-order valence-corrected chi connectivity index (χ2v) is 7.85. The molecule has 1 saturated heterocycles. The number of ether oxygens (including phenoxy) is 1. The number of rotatable bonds is 6. The van der Waals surface area contributed by atoms with E-state index in [-0.39, 0.29) is 5.91 Å². The first-order valence-corrected chi connectivity index (χ1v) is 10.7. The molecule has 0 aromatic heterocycles. The molecular weight excluding hydrogens is 396 g/mol. The van der Waals surface area contributed by atoms with Crippen molar-refractivity contribution in [2.24, 2.45) is 0 Å². The van der Waals surface area contributed by atoms with Crippen LogP contribution in [0.25, 0.3) is 0 Å². The van der Waals surface area contributed by atoms with E-state index in [1.807, 2.05) is 60.7 Å². The Kier molecular flexibility index (Phi) is 6.55. The normalized spacial score (nSPS) is 13.7. The van der Waals surface area contributed by atoms with Gasteiger partial charge in [-0.1, -0.05) is 54.1 Å². The van der Waals surface area contributed by atoms with Crippen LogP contribution in [0, 0.1) is 0 Å². The Hall–Kier alpha value is -2.98. The van der Waals surface area contributed by atoms with Crippen molar-refractivity contribution in [1.29, 1.82) is 0 Å². The number of nitrogens with one attached hydrogen (secondary N) is 1. The van der Waals surface area contributed by atoms with E-state index in [1.54, 1.807) is 12.1 Å². The van der Waals surface area contributed by atoms with Gasteiger partial charge in [0, 0.05) is 18.7 Å². The monoisotopic (exact) mass is 420 g/mol. The highest BCUT2D eigenvalue weighted by Crippen LogP contribution is 2.36. The number of carbonyl (C=O) groups excluding carboxylic acids is 1. The van der Waals surface area contributed by atoms with Crippen molar-refractivity contribution in [1.82, 2.24) is 0 Å². The average Bonchev–Trinajstić information content (AvgIpc) is 2.79. The number of piperidine rings is 1. The van der Waals surface area contributed by atoms with Crippen molar-refractivity contribution in [3.8, 4) is 5.75 Å². The molecule has 154 valence electrons. The van der Waals surface area contributed by atoms with Crippen LogP contribution in [-0.4, -0.2) is 19.0 Å². The molecule has 1 heterocycles. The van der Waals surface area contributed by atoms with Gasteiger partial charge in [0.2, 0.25) is 0 Å². The first kappa shape index (κ1) is 20.3. The third kappa shape index (κ3) is 4.95. The summed E-state index contributed by atoms with van der Waals surface area (Å²) in [6.07, 6.45) is 3.51. The van der Waals surface area contributed by atoms with Crippen LogP contribution in [-0.2, 0) is 6.61 Å². The summed E-state index contributed by atoms with van der Waals surface area (Å²) in [5, 5.41) is 3.71. The largest absolute Gasteiger partial charge is 0.489 e. The lowest BCUT2D eigenvalue weighted by Gasteiger charge is -2.31. The van der Waals surface area contributed by atoms with E-state index >= 15 is 0 Å². The van der Waals surface area contributed by atoms with Crippen molar-refractivity contribution < 1.29 is 9.53 Å². The topological polar surface area (TPSA) is 41.6 Å². The predicted octanol–water partition coefficient (Wildman–Crippen LogP) is 6.16. The van der Waals surface area contributed by atoms with E-state index in [2.05, 4.69) is 10.2 Å². The minimum absolute atomic E-state index is 0.180. The summed E-state index contributed by atoms with van der Waals surface area (Å²) in [4.78, 5) is 15.2. The lowest BCUT2D eigenvalue weighted by molar-refractivity contribution is 0.102. The van der Waals surface area contributed by atoms with E-state index in [9.17, 15) is 4.79 Å². The van der Waals surface area contributed by atoms with Gasteiger partial charge in [-0.3, -0.25) is 4.79 Å². The fourth-order valence-corrected chi connectivity index (χ4v) is 4.01. The van der Waals surface area contributed by atoms with Gasteiger partial charge in [0.25, 0.3) is 5.91 Å². The maximum absolute atomic E-state index is 13.0. The van der Waals surface area contributed by atoms with E-state index in [0.29, 0.717) is 22.9 Å². The molecule has 1 fully saturated rings. The molecule has 0 spiro atoms. The summed E-state index contributed by atoms with van der Waals surface area (Å²) >= 11 is 6.50.